The van der Waals surface area contributed by atoms with Crippen LogP contribution in [0.3, 0.4) is 0 Å². The molecule has 0 aliphatic rings. The number of aliphatic hydroxyl groups excluding tert-OH is 1. The summed E-state index contributed by atoms with van der Waals surface area (Å²) in [7, 11) is 0. The van der Waals surface area contributed by atoms with Crippen molar-refractivity contribution in [3.05, 3.63) is 47.4 Å². The number of rotatable bonds is 5. The van der Waals surface area contributed by atoms with Crippen LogP contribution in [0.25, 0.3) is 0 Å². The molecule has 2 aromatic rings. The number of para-hydroxylation sites is 1. The van der Waals surface area contributed by atoms with Crippen molar-refractivity contribution < 1.29 is 9.84 Å². The Morgan fingerprint density at radius 3 is 2.65 bits per heavy atom. The van der Waals surface area contributed by atoms with Crippen LogP contribution in [-0.2, 0) is 6.42 Å². The van der Waals surface area contributed by atoms with Crippen molar-refractivity contribution in [1.82, 2.24) is 9.97 Å². The fraction of sp³-hybridized carbons (Fsp3) is 0.375. The lowest BCUT2D eigenvalue weighted by Gasteiger charge is -2.12. The van der Waals surface area contributed by atoms with Crippen molar-refractivity contribution in [3.63, 3.8) is 0 Å². The second-order valence-electron chi connectivity index (χ2n) is 5.04. The smallest absolute Gasteiger partial charge is 0.222 e. The topological polar surface area (TPSA) is 55.2 Å². The quantitative estimate of drug-likeness (QED) is 0.908. The van der Waals surface area contributed by atoms with Gasteiger partial charge in [0.1, 0.15) is 11.6 Å². The lowest BCUT2D eigenvalue weighted by molar-refractivity contribution is 0.297. The Hall–Kier alpha value is -1.94. The Morgan fingerprint density at radius 2 is 1.95 bits per heavy atom. The molecule has 0 bridgehead atoms. The third-order valence-electron chi connectivity index (χ3n) is 2.93. The highest BCUT2D eigenvalue weighted by Gasteiger charge is 2.09. The molecular weight excluding hydrogens is 252 g/mol. The molecule has 4 heteroatoms. The van der Waals surface area contributed by atoms with E-state index in [2.05, 4.69) is 23.8 Å². The van der Waals surface area contributed by atoms with Gasteiger partial charge < -0.3 is 9.84 Å². The first-order valence-corrected chi connectivity index (χ1v) is 6.82. The van der Waals surface area contributed by atoms with Crippen molar-refractivity contribution in [1.29, 1.82) is 0 Å². The minimum absolute atomic E-state index is 0.0976. The molecule has 0 aliphatic heterocycles. The Balaban J connectivity index is 2.30. The number of ether oxygens (including phenoxy) is 1. The summed E-state index contributed by atoms with van der Waals surface area (Å²) in [6.07, 6.45) is 0.567. The SMILES string of the molecule is Cc1cc(Oc2ccccc2CCO)nc(C(C)C)n1. The van der Waals surface area contributed by atoms with Crippen molar-refractivity contribution in [2.75, 3.05) is 6.61 Å². The first kappa shape index (κ1) is 14.5. The second kappa shape index (κ2) is 6.48. The number of hydrogen-bond donors (Lipinski definition) is 1. The number of nitrogens with zero attached hydrogens (tertiary/aromatic N) is 2. The third kappa shape index (κ3) is 3.54. The highest BCUT2D eigenvalue weighted by Crippen LogP contribution is 2.25. The van der Waals surface area contributed by atoms with Gasteiger partial charge in [-0.25, -0.2) is 4.98 Å². The average Bonchev–Trinajstić information content (AvgIpc) is 2.40. The standard InChI is InChI=1S/C16H20N2O2/c1-11(2)16-17-12(3)10-15(18-16)20-14-7-5-4-6-13(14)8-9-19/h4-7,10-11,19H,8-9H2,1-3H3. The summed E-state index contributed by atoms with van der Waals surface area (Å²) < 4.78 is 5.87. The van der Waals surface area contributed by atoms with Gasteiger partial charge in [-0.1, -0.05) is 32.0 Å². The van der Waals surface area contributed by atoms with Gasteiger partial charge in [-0.05, 0) is 25.0 Å². The molecule has 0 saturated heterocycles. The Bertz CT molecular complexity index is 582. The molecule has 106 valence electrons. The number of benzene rings is 1. The Morgan fingerprint density at radius 1 is 1.20 bits per heavy atom. The number of aromatic nitrogens is 2. The monoisotopic (exact) mass is 272 g/mol. The van der Waals surface area contributed by atoms with E-state index >= 15 is 0 Å². The van der Waals surface area contributed by atoms with Gasteiger partial charge in [-0.15, -0.1) is 0 Å². The van der Waals surface area contributed by atoms with Crippen LogP contribution in [0.15, 0.2) is 30.3 Å². The van der Waals surface area contributed by atoms with Gasteiger partial charge >= 0.3 is 0 Å². The molecule has 0 amide bonds. The van der Waals surface area contributed by atoms with E-state index in [9.17, 15) is 0 Å². The van der Waals surface area contributed by atoms with E-state index in [1.165, 1.54) is 0 Å². The lowest BCUT2D eigenvalue weighted by atomic mass is 10.1. The first-order chi connectivity index (χ1) is 9.60. The molecule has 0 aliphatic carbocycles. The molecule has 0 saturated carbocycles. The summed E-state index contributed by atoms with van der Waals surface area (Å²) in [5, 5.41) is 9.09. The fourth-order valence-corrected chi connectivity index (χ4v) is 1.92. The van der Waals surface area contributed by atoms with Crippen LogP contribution in [0.2, 0.25) is 0 Å². The Labute approximate surface area is 119 Å². The van der Waals surface area contributed by atoms with Gasteiger partial charge in [0.15, 0.2) is 0 Å². The fourth-order valence-electron chi connectivity index (χ4n) is 1.92. The minimum Gasteiger partial charge on any atom is -0.439 e. The van der Waals surface area contributed by atoms with Gasteiger partial charge in [0.05, 0.1) is 0 Å². The molecule has 1 aromatic carbocycles. The summed E-state index contributed by atoms with van der Waals surface area (Å²) in [6.45, 7) is 6.14. The largest absolute Gasteiger partial charge is 0.439 e. The van der Waals surface area contributed by atoms with E-state index < -0.39 is 0 Å². The van der Waals surface area contributed by atoms with E-state index in [1.807, 2.05) is 37.3 Å². The van der Waals surface area contributed by atoms with Crippen molar-refractivity contribution in [3.8, 4) is 11.6 Å². The first-order valence-electron chi connectivity index (χ1n) is 6.82. The molecule has 20 heavy (non-hydrogen) atoms. The maximum Gasteiger partial charge on any atom is 0.222 e. The van der Waals surface area contributed by atoms with E-state index in [0.717, 1.165) is 22.8 Å². The highest BCUT2D eigenvalue weighted by molar-refractivity contribution is 5.36. The van der Waals surface area contributed by atoms with E-state index in [4.69, 9.17) is 9.84 Å². The zero-order valence-corrected chi connectivity index (χ0v) is 12.1. The van der Waals surface area contributed by atoms with Gasteiger partial charge in [0.2, 0.25) is 5.88 Å². The van der Waals surface area contributed by atoms with Crippen LogP contribution in [-0.4, -0.2) is 21.7 Å². The van der Waals surface area contributed by atoms with Crippen molar-refractivity contribution in [2.24, 2.45) is 0 Å². The average molecular weight is 272 g/mol. The number of aryl methyl sites for hydroxylation is 1. The highest BCUT2D eigenvalue weighted by atomic mass is 16.5. The number of hydrogen-bond acceptors (Lipinski definition) is 4. The zero-order valence-electron chi connectivity index (χ0n) is 12.1. The van der Waals surface area contributed by atoms with Gasteiger partial charge in [-0.2, -0.15) is 4.98 Å². The normalized spacial score (nSPS) is 10.8. The molecule has 0 spiro atoms. The van der Waals surface area contributed by atoms with Crippen molar-refractivity contribution in [2.45, 2.75) is 33.1 Å². The predicted octanol–water partition coefficient (Wildman–Crippen LogP) is 3.24. The molecule has 0 radical (unpaired) electrons. The van der Waals surface area contributed by atoms with Crippen molar-refractivity contribution >= 4 is 0 Å². The summed E-state index contributed by atoms with van der Waals surface area (Å²) >= 11 is 0. The molecule has 0 atom stereocenters. The van der Waals surface area contributed by atoms with Gasteiger partial charge in [0.25, 0.3) is 0 Å². The molecule has 1 N–H and O–H groups in total. The molecule has 0 fully saturated rings. The predicted molar refractivity (Wildman–Crippen MR) is 78.2 cm³/mol. The second-order valence-corrected chi connectivity index (χ2v) is 5.04. The third-order valence-corrected chi connectivity index (χ3v) is 2.93. The number of aliphatic hydroxyl groups is 1. The molecular formula is C16H20N2O2. The van der Waals surface area contributed by atoms with Crippen LogP contribution < -0.4 is 4.74 Å². The van der Waals surface area contributed by atoms with Gasteiger partial charge in [-0.3, -0.25) is 0 Å². The van der Waals surface area contributed by atoms with Crippen LogP contribution in [0.4, 0.5) is 0 Å². The van der Waals surface area contributed by atoms with E-state index in [0.29, 0.717) is 12.3 Å². The zero-order chi connectivity index (χ0) is 14.5. The maximum absolute atomic E-state index is 9.09. The Kier molecular flexibility index (Phi) is 4.69. The van der Waals surface area contributed by atoms with E-state index in [1.54, 1.807) is 0 Å². The minimum atomic E-state index is 0.0976. The molecule has 1 aromatic heterocycles. The summed E-state index contributed by atoms with van der Waals surface area (Å²) in [6, 6.07) is 9.50. The maximum atomic E-state index is 9.09. The lowest BCUT2D eigenvalue weighted by Crippen LogP contribution is -2.02. The van der Waals surface area contributed by atoms with Crippen LogP contribution in [0.5, 0.6) is 11.6 Å². The van der Waals surface area contributed by atoms with Crippen LogP contribution >= 0.6 is 0 Å². The molecule has 2 rings (SSSR count). The summed E-state index contributed by atoms with van der Waals surface area (Å²) in [4.78, 5) is 8.84. The van der Waals surface area contributed by atoms with Gasteiger partial charge in [0, 0.05) is 24.3 Å². The molecule has 1 heterocycles. The summed E-state index contributed by atoms with van der Waals surface area (Å²) in [5.41, 5.74) is 1.86. The van der Waals surface area contributed by atoms with Crippen LogP contribution in [0, 0.1) is 6.92 Å². The molecule has 0 unspecified atom stereocenters. The van der Waals surface area contributed by atoms with Crippen LogP contribution in [0.1, 0.15) is 36.8 Å². The van der Waals surface area contributed by atoms with E-state index in [-0.39, 0.29) is 12.5 Å². The summed E-state index contributed by atoms with van der Waals surface area (Å²) in [5.74, 6) is 2.31. The molecule has 4 nitrogen and oxygen atoms in total.